The molecule has 0 bridgehead atoms. The smallest absolute Gasteiger partial charge is 0.266 e. The van der Waals surface area contributed by atoms with Gasteiger partial charge in [-0.15, -0.1) is 0 Å². The predicted octanol–water partition coefficient (Wildman–Crippen LogP) is 7.48. The third-order valence-corrected chi connectivity index (χ3v) is 12.2. The minimum Gasteiger partial charge on any atom is -0.497 e. The molecule has 2 amide bonds. The maximum absolute atomic E-state index is 15.9. The summed E-state index contributed by atoms with van der Waals surface area (Å²) in [6.45, 7) is 5.26. The van der Waals surface area contributed by atoms with Gasteiger partial charge >= 0.3 is 0 Å². The first-order chi connectivity index (χ1) is 22.6. The summed E-state index contributed by atoms with van der Waals surface area (Å²) in [5, 5.41) is 9.84. The SMILES string of the molecule is COc1ccc2c(c1)[C@@]1(O[C@H](CCO)[C@@H]([Si](C)(C)F)[C@@H]1C)C(=O)N2Cc1ccc(N2C(=O)c3ccccc3Oc3ccccc32)cc1. The van der Waals surface area contributed by atoms with Crippen LogP contribution in [0, 0.1) is 5.92 Å². The first-order valence-electron chi connectivity index (χ1n) is 15.9. The number of fused-ring (bicyclic) bond motifs is 4. The highest BCUT2D eigenvalue weighted by atomic mass is 28.4. The Balaban J connectivity index is 1.24. The number of anilines is 3. The van der Waals surface area contributed by atoms with E-state index in [0.29, 0.717) is 45.4 Å². The second kappa shape index (κ2) is 11.6. The molecule has 242 valence electrons. The van der Waals surface area contributed by atoms with Crippen molar-refractivity contribution in [1.82, 2.24) is 0 Å². The highest BCUT2D eigenvalue weighted by molar-refractivity contribution is 6.72. The number of ether oxygens (including phenoxy) is 3. The predicted molar refractivity (Wildman–Crippen MR) is 180 cm³/mol. The second-order valence-corrected chi connectivity index (χ2v) is 16.7. The van der Waals surface area contributed by atoms with Crippen molar-refractivity contribution >= 4 is 37.3 Å². The molecule has 3 aliphatic rings. The van der Waals surface area contributed by atoms with Crippen molar-refractivity contribution in [1.29, 1.82) is 0 Å². The number of hydrogen-bond donors (Lipinski definition) is 1. The van der Waals surface area contributed by atoms with E-state index in [0.717, 1.165) is 5.56 Å². The van der Waals surface area contributed by atoms with Crippen LogP contribution < -0.4 is 19.3 Å². The fourth-order valence-corrected chi connectivity index (χ4v) is 10.2. The largest absolute Gasteiger partial charge is 0.497 e. The van der Waals surface area contributed by atoms with Crippen LogP contribution in [0.15, 0.2) is 91.0 Å². The number of aliphatic hydroxyl groups is 1. The van der Waals surface area contributed by atoms with E-state index in [2.05, 4.69) is 0 Å². The Bertz CT molecular complexity index is 1860. The van der Waals surface area contributed by atoms with Gasteiger partial charge in [0.1, 0.15) is 11.5 Å². The van der Waals surface area contributed by atoms with Crippen LogP contribution in [0.2, 0.25) is 18.6 Å². The number of rotatable bonds is 7. The third kappa shape index (κ3) is 4.94. The zero-order valence-electron chi connectivity index (χ0n) is 26.8. The van der Waals surface area contributed by atoms with Gasteiger partial charge in [0.15, 0.2) is 11.4 Å². The molecule has 0 aromatic heterocycles. The van der Waals surface area contributed by atoms with Gasteiger partial charge in [-0.2, -0.15) is 0 Å². The van der Waals surface area contributed by atoms with Gasteiger partial charge in [-0.1, -0.05) is 43.3 Å². The molecule has 1 fully saturated rings. The number of halogens is 1. The fraction of sp³-hybridized carbons (Fsp3) is 0.297. The van der Waals surface area contributed by atoms with Crippen molar-refractivity contribution in [3.63, 3.8) is 0 Å². The van der Waals surface area contributed by atoms with Crippen LogP contribution in [0.25, 0.3) is 0 Å². The Kier molecular flexibility index (Phi) is 7.69. The van der Waals surface area contributed by atoms with E-state index in [1.54, 1.807) is 48.2 Å². The van der Waals surface area contributed by atoms with Crippen molar-refractivity contribution in [2.75, 3.05) is 23.5 Å². The molecule has 8 nitrogen and oxygen atoms in total. The Hall–Kier alpha value is -4.51. The van der Waals surface area contributed by atoms with E-state index in [1.807, 2.05) is 79.7 Å². The van der Waals surface area contributed by atoms with E-state index in [9.17, 15) is 14.7 Å². The van der Waals surface area contributed by atoms with E-state index < -0.39 is 31.6 Å². The molecule has 3 heterocycles. The fourth-order valence-electron chi connectivity index (χ4n) is 7.71. The van der Waals surface area contributed by atoms with Gasteiger partial charge < -0.3 is 28.3 Å². The molecule has 10 heteroatoms. The van der Waals surface area contributed by atoms with Gasteiger partial charge in [-0.25, -0.2) is 0 Å². The van der Waals surface area contributed by atoms with Crippen LogP contribution in [0.5, 0.6) is 17.2 Å². The molecule has 0 unspecified atom stereocenters. The van der Waals surface area contributed by atoms with Crippen LogP contribution in [-0.2, 0) is 21.7 Å². The summed E-state index contributed by atoms with van der Waals surface area (Å²) in [5.41, 5.74) is 2.01. The lowest BCUT2D eigenvalue weighted by Gasteiger charge is -2.31. The zero-order chi connectivity index (χ0) is 33.1. The van der Waals surface area contributed by atoms with Gasteiger partial charge in [-0.3, -0.25) is 14.5 Å². The van der Waals surface area contributed by atoms with Crippen molar-refractivity contribution in [3.05, 3.63) is 108 Å². The summed E-state index contributed by atoms with van der Waals surface area (Å²) < 4.78 is 34.2. The summed E-state index contributed by atoms with van der Waals surface area (Å²) >= 11 is 0. The summed E-state index contributed by atoms with van der Waals surface area (Å²) in [5.74, 6) is 0.702. The minimum absolute atomic E-state index is 0.161. The minimum atomic E-state index is -3.31. The van der Waals surface area contributed by atoms with E-state index >= 15 is 4.11 Å². The summed E-state index contributed by atoms with van der Waals surface area (Å²) in [6.07, 6.45) is -0.342. The molecule has 4 atom stereocenters. The summed E-state index contributed by atoms with van der Waals surface area (Å²) in [6, 6.07) is 27.6. The van der Waals surface area contributed by atoms with Crippen molar-refractivity contribution in [3.8, 4) is 17.2 Å². The molecular weight excluding hydrogens is 615 g/mol. The molecule has 4 aromatic carbocycles. The summed E-state index contributed by atoms with van der Waals surface area (Å²) in [4.78, 5) is 31.8. The first-order valence-corrected chi connectivity index (χ1v) is 18.8. The Labute approximate surface area is 274 Å². The molecule has 4 aromatic rings. The van der Waals surface area contributed by atoms with Gasteiger partial charge in [0.25, 0.3) is 11.8 Å². The number of hydrogen-bond acceptors (Lipinski definition) is 6. The molecule has 1 spiro atoms. The number of para-hydroxylation sites is 3. The lowest BCUT2D eigenvalue weighted by molar-refractivity contribution is -0.146. The maximum atomic E-state index is 15.9. The summed E-state index contributed by atoms with van der Waals surface area (Å²) in [7, 11) is -1.74. The first kappa shape index (κ1) is 31.1. The van der Waals surface area contributed by atoms with Gasteiger partial charge in [0.05, 0.1) is 36.7 Å². The van der Waals surface area contributed by atoms with Gasteiger partial charge in [0.2, 0.25) is 8.41 Å². The average molecular weight is 653 g/mol. The molecule has 3 aliphatic heterocycles. The highest BCUT2D eigenvalue weighted by Crippen LogP contribution is 2.60. The van der Waals surface area contributed by atoms with Gasteiger partial charge in [0, 0.05) is 29.3 Å². The van der Waals surface area contributed by atoms with E-state index in [4.69, 9.17) is 14.2 Å². The number of carbonyl (C=O) groups is 2. The average Bonchev–Trinajstić information content (AvgIpc) is 3.43. The van der Waals surface area contributed by atoms with Crippen LogP contribution in [0.3, 0.4) is 0 Å². The van der Waals surface area contributed by atoms with Gasteiger partial charge in [-0.05, 0) is 79.7 Å². The van der Waals surface area contributed by atoms with Crippen molar-refractivity contribution in [2.45, 2.75) is 50.2 Å². The Morgan fingerprint density at radius 2 is 1.64 bits per heavy atom. The van der Waals surface area contributed by atoms with Crippen molar-refractivity contribution < 1.29 is 33.0 Å². The lowest BCUT2D eigenvalue weighted by atomic mass is 9.82. The zero-order valence-corrected chi connectivity index (χ0v) is 27.8. The van der Waals surface area contributed by atoms with Crippen LogP contribution in [0.4, 0.5) is 21.2 Å². The Morgan fingerprint density at radius 3 is 2.34 bits per heavy atom. The van der Waals surface area contributed by atoms with Crippen molar-refractivity contribution in [2.24, 2.45) is 5.92 Å². The second-order valence-electron chi connectivity index (χ2n) is 12.9. The molecule has 0 radical (unpaired) electrons. The number of methoxy groups -OCH3 is 1. The molecule has 1 saturated heterocycles. The monoisotopic (exact) mass is 652 g/mol. The van der Waals surface area contributed by atoms with Crippen LogP contribution in [0.1, 0.15) is 34.8 Å². The number of carbonyl (C=O) groups excluding carboxylic acids is 2. The molecule has 1 N–H and O–H groups in total. The van der Waals surface area contributed by atoms with E-state index in [-0.39, 0.29) is 31.4 Å². The molecule has 47 heavy (non-hydrogen) atoms. The van der Waals surface area contributed by atoms with Crippen LogP contribution >= 0.6 is 0 Å². The quantitative estimate of drug-likeness (QED) is 0.165. The number of aliphatic hydroxyl groups excluding tert-OH is 1. The third-order valence-electron chi connectivity index (χ3n) is 9.76. The molecular formula is C37H37FN2O6Si. The lowest BCUT2D eigenvalue weighted by Crippen LogP contribution is -2.45. The standard InChI is InChI=1S/C37H37FN2O6Si/c1-23-34(47(3,4)38)33(19-20-41)46-37(23)28-21-26(44-2)17-18-29(28)39(36(37)43)22-24-13-15-25(16-14-24)40-30-10-6-8-12-32(30)45-31-11-7-5-9-27(31)35(40)42/h5-18,21,23,33-34,41H,19-20,22H2,1-4H3/t23-,33+,34-,37+/m0/s1. The number of amides is 2. The molecule has 7 rings (SSSR count). The van der Waals surface area contributed by atoms with Crippen LogP contribution in [-0.4, -0.2) is 45.1 Å². The normalized spacial score (nSPS) is 23.3. The van der Waals surface area contributed by atoms with E-state index in [1.165, 1.54) is 0 Å². The molecule has 0 saturated carbocycles. The Morgan fingerprint density at radius 1 is 0.936 bits per heavy atom. The number of benzene rings is 4. The highest BCUT2D eigenvalue weighted by Gasteiger charge is 2.66. The topological polar surface area (TPSA) is 88.5 Å². The number of nitrogens with zero attached hydrogens (tertiary/aromatic N) is 2. The molecule has 0 aliphatic carbocycles. The maximum Gasteiger partial charge on any atom is 0.266 e.